The lowest BCUT2D eigenvalue weighted by Crippen LogP contribution is -2.11. The molecule has 0 saturated heterocycles. The Morgan fingerprint density at radius 3 is 1.26 bits per heavy atom. The third kappa shape index (κ3) is 6.47. The van der Waals surface area contributed by atoms with Crippen LogP contribution in [0.1, 0.15) is 0 Å². The number of rotatable bonds is 8. The number of benzene rings is 9. The Bertz CT molecular complexity index is 2670. The van der Waals surface area contributed by atoms with Crippen molar-refractivity contribution < 1.29 is 0 Å². The van der Waals surface area contributed by atoms with Crippen LogP contribution in [0.4, 0.5) is 17.1 Å². The van der Waals surface area contributed by atoms with Crippen LogP contribution in [-0.4, -0.2) is 0 Å². The van der Waals surface area contributed by atoms with Gasteiger partial charge in [0.25, 0.3) is 0 Å². The molecule has 9 rings (SSSR count). The molecule has 54 heavy (non-hydrogen) atoms. The Morgan fingerprint density at radius 1 is 0.315 bits per heavy atom. The van der Waals surface area contributed by atoms with E-state index < -0.39 is 0 Å². The summed E-state index contributed by atoms with van der Waals surface area (Å²) in [7, 11) is 0. The van der Waals surface area contributed by atoms with Gasteiger partial charge in [-0.2, -0.15) is 0 Å². The lowest BCUT2D eigenvalue weighted by atomic mass is 9.85. The van der Waals surface area contributed by atoms with Crippen molar-refractivity contribution in [3.8, 4) is 55.6 Å². The highest BCUT2D eigenvalue weighted by atomic mass is 35.5. The molecule has 1 nitrogen and oxygen atoms in total. The summed E-state index contributed by atoms with van der Waals surface area (Å²) in [6.45, 7) is 0. The minimum absolute atomic E-state index is 0.726. The number of anilines is 3. The number of hydrogen-bond donors (Lipinski definition) is 0. The van der Waals surface area contributed by atoms with Gasteiger partial charge in [-0.05, 0) is 115 Å². The molecule has 0 unspecified atom stereocenters. The number of nitrogens with zero attached hydrogens (tertiary/aromatic N) is 1. The zero-order valence-electron chi connectivity index (χ0n) is 29.6. The molecule has 0 bridgehead atoms. The molecular weight excluding hydrogens is 674 g/mol. The van der Waals surface area contributed by atoms with Gasteiger partial charge in [0.2, 0.25) is 0 Å². The van der Waals surface area contributed by atoms with Gasteiger partial charge in [-0.1, -0.05) is 175 Å². The van der Waals surface area contributed by atoms with E-state index in [1.54, 1.807) is 0 Å². The van der Waals surface area contributed by atoms with Crippen molar-refractivity contribution in [3.63, 3.8) is 0 Å². The van der Waals surface area contributed by atoms with Crippen molar-refractivity contribution in [1.29, 1.82) is 0 Å². The Morgan fingerprint density at radius 2 is 0.722 bits per heavy atom. The first-order valence-electron chi connectivity index (χ1n) is 18.3. The van der Waals surface area contributed by atoms with Gasteiger partial charge in [0.05, 0.1) is 5.69 Å². The monoisotopic (exact) mass is 709 g/mol. The van der Waals surface area contributed by atoms with Crippen molar-refractivity contribution in [2.24, 2.45) is 0 Å². The van der Waals surface area contributed by atoms with E-state index in [1.807, 2.05) is 12.1 Å². The quantitative estimate of drug-likeness (QED) is 0.152. The average molecular weight is 710 g/mol. The summed E-state index contributed by atoms with van der Waals surface area (Å²) in [5.74, 6) is 0. The van der Waals surface area contributed by atoms with Gasteiger partial charge in [0.15, 0.2) is 0 Å². The first-order chi connectivity index (χ1) is 26.7. The van der Waals surface area contributed by atoms with Crippen molar-refractivity contribution in [2.75, 3.05) is 4.90 Å². The maximum Gasteiger partial charge on any atom is 0.0546 e. The zero-order chi connectivity index (χ0) is 36.3. The lowest BCUT2D eigenvalue weighted by molar-refractivity contribution is 1.29. The SMILES string of the molecule is Clc1ccc(-c2cc(-c3ccccc3)c(-c3ccc(N(c4ccccc4)c4ccc5ccccc5c4-c4ccccc4)cc3)cc2-c2ccccc2)cc1. The molecule has 9 aromatic rings. The average Bonchev–Trinajstić information content (AvgIpc) is 3.25. The van der Waals surface area contributed by atoms with Crippen molar-refractivity contribution in [2.45, 2.75) is 0 Å². The van der Waals surface area contributed by atoms with Gasteiger partial charge < -0.3 is 4.90 Å². The molecule has 0 aliphatic carbocycles. The van der Waals surface area contributed by atoms with E-state index >= 15 is 0 Å². The van der Waals surface area contributed by atoms with Crippen LogP contribution < -0.4 is 4.90 Å². The normalized spacial score (nSPS) is 11.1. The molecule has 0 fully saturated rings. The van der Waals surface area contributed by atoms with Gasteiger partial charge in [0, 0.05) is 22.0 Å². The van der Waals surface area contributed by atoms with Crippen molar-refractivity contribution in [1.82, 2.24) is 0 Å². The Hall–Kier alpha value is -6.67. The second-order valence-corrected chi connectivity index (χ2v) is 13.9. The lowest BCUT2D eigenvalue weighted by Gasteiger charge is -2.29. The van der Waals surface area contributed by atoms with Gasteiger partial charge in [-0.3, -0.25) is 0 Å². The molecule has 0 radical (unpaired) electrons. The molecule has 0 amide bonds. The molecule has 2 heteroatoms. The summed E-state index contributed by atoms with van der Waals surface area (Å²) in [5.41, 5.74) is 15.0. The molecule has 0 aliphatic rings. The van der Waals surface area contributed by atoms with E-state index in [2.05, 4.69) is 211 Å². The molecule has 9 aromatic carbocycles. The molecule has 0 saturated carbocycles. The van der Waals surface area contributed by atoms with Crippen LogP contribution in [0, 0.1) is 0 Å². The largest absolute Gasteiger partial charge is 0.310 e. The maximum absolute atomic E-state index is 6.36. The molecule has 0 atom stereocenters. The predicted molar refractivity (Wildman–Crippen MR) is 231 cm³/mol. The molecule has 256 valence electrons. The van der Waals surface area contributed by atoms with Gasteiger partial charge in [0.1, 0.15) is 0 Å². The summed E-state index contributed by atoms with van der Waals surface area (Å²) in [6.07, 6.45) is 0. The Labute approximate surface area is 322 Å². The number of hydrogen-bond acceptors (Lipinski definition) is 1. The van der Waals surface area contributed by atoms with E-state index in [9.17, 15) is 0 Å². The van der Waals surface area contributed by atoms with E-state index in [0.717, 1.165) is 38.8 Å². The van der Waals surface area contributed by atoms with Crippen LogP contribution in [0.2, 0.25) is 5.02 Å². The van der Waals surface area contributed by atoms with Gasteiger partial charge >= 0.3 is 0 Å². The Balaban J connectivity index is 1.24. The summed E-state index contributed by atoms with van der Waals surface area (Å²) in [6, 6.07) is 77.9. The molecule has 0 aromatic heterocycles. The van der Waals surface area contributed by atoms with E-state index in [4.69, 9.17) is 11.6 Å². The van der Waals surface area contributed by atoms with Crippen LogP contribution in [0.25, 0.3) is 66.4 Å². The predicted octanol–water partition coefficient (Wildman–Crippen LogP) is 15.3. The summed E-state index contributed by atoms with van der Waals surface area (Å²) >= 11 is 6.36. The molecule has 0 heterocycles. The van der Waals surface area contributed by atoms with Gasteiger partial charge in [-0.25, -0.2) is 0 Å². The molecule has 0 spiro atoms. The third-order valence-corrected chi connectivity index (χ3v) is 10.4. The van der Waals surface area contributed by atoms with Crippen LogP contribution in [0.5, 0.6) is 0 Å². The maximum atomic E-state index is 6.36. The number of para-hydroxylation sites is 1. The highest BCUT2D eigenvalue weighted by Crippen LogP contribution is 2.46. The second kappa shape index (κ2) is 14.8. The van der Waals surface area contributed by atoms with Crippen molar-refractivity contribution >= 4 is 39.4 Å². The molecular formula is C52H36ClN. The van der Waals surface area contributed by atoms with E-state index in [0.29, 0.717) is 0 Å². The van der Waals surface area contributed by atoms with Crippen LogP contribution in [0.15, 0.2) is 218 Å². The number of halogens is 1. The first-order valence-corrected chi connectivity index (χ1v) is 18.7. The fourth-order valence-corrected chi connectivity index (χ4v) is 7.69. The highest BCUT2D eigenvalue weighted by molar-refractivity contribution is 6.30. The van der Waals surface area contributed by atoms with Crippen LogP contribution in [0.3, 0.4) is 0 Å². The first kappa shape index (κ1) is 33.2. The van der Waals surface area contributed by atoms with Crippen LogP contribution in [-0.2, 0) is 0 Å². The minimum atomic E-state index is 0.726. The third-order valence-electron chi connectivity index (χ3n) is 10.1. The molecule has 0 aliphatic heterocycles. The summed E-state index contributed by atoms with van der Waals surface area (Å²) in [5, 5.41) is 3.16. The van der Waals surface area contributed by atoms with E-state index in [-0.39, 0.29) is 0 Å². The Kier molecular flexibility index (Phi) is 9.07. The van der Waals surface area contributed by atoms with Gasteiger partial charge in [-0.15, -0.1) is 0 Å². The number of fused-ring (bicyclic) bond motifs is 1. The topological polar surface area (TPSA) is 3.24 Å². The van der Waals surface area contributed by atoms with E-state index in [1.165, 1.54) is 49.7 Å². The summed E-state index contributed by atoms with van der Waals surface area (Å²) < 4.78 is 0. The molecule has 0 N–H and O–H groups in total. The van der Waals surface area contributed by atoms with Crippen LogP contribution >= 0.6 is 11.6 Å². The standard InChI is InChI=1S/C52H36ClN/c53-43-30-25-40(26-31-43)49-35-48(38-17-7-2-8-18-38)50(36-47(49)37-15-5-1-6-16-37)41-27-32-45(33-28-41)54(44-22-11-4-12-23-44)51-34-29-39-19-13-14-24-46(39)52(51)42-20-9-3-10-21-42/h1-36H. The minimum Gasteiger partial charge on any atom is -0.310 e. The second-order valence-electron chi connectivity index (χ2n) is 13.4. The fourth-order valence-electron chi connectivity index (χ4n) is 7.57. The smallest absolute Gasteiger partial charge is 0.0546 e. The fraction of sp³-hybridized carbons (Fsp3) is 0. The summed E-state index contributed by atoms with van der Waals surface area (Å²) in [4.78, 5) is 2.38. The zero-order valence-corrected chi connectivity index (χ0v) is 30.4. The van der Waals surface area contributed by atoms with Crippen molar-refractivity contribution in [3.05, 3.63) is 223 Å². The highest BCUT2D eigenvalue weighted by Gasteiger charge is 2.21.